The molecule has 1 atom stereocenters. The number of guanidine groups is 1. The summed E-state index contributed by atoms with van der Waals surface area (Å²) in [5.74, 6) is 1.82. The number of hydrogen-bond donors (Lipinski definition) is 1. The molecular formula is C22H34IN5OS. The minimum atomic E-state index is 0. The van der Waals surface area contributed by atoms with E-state index in [9.17, 15) is 0 Å². The second-order valence-corrected chi connectivity index (χ2v) is 8.50. The average molecular weight is 544 g/mol. The number of likely N-dealkylation sites (tertiary alicyclic amines) is 1. The van der Waals surface area contributed by atoms with Crippen LogP contribution >= 0.6 is 35.3 Å². The fraction of sp³-hybridized carbons (Fsp3) is 0.545. The smallest absolute Gasteiger partial charge is 0.194 e. The number of hydrogen-bond acceptors (Lipinski definition) is 5. The van der Waals surface area contributed by atoms with Crippen LogP contribution in [0.25, 0.3) is 0 Å². The van der Waals surface area contributed by atoms with Crippen LogP contribution in [0.1, 0.15) is 42.1 Å². The van der Waals surface area contributed by atoms with E-state index in [2.05, 4.69) is 51.6 Å². The van der Waals surface area contributed by atoms with Crippen LogP contribution in [-0.4, -0.2) is 61.1 Å². The molecule has 3 rings (SSSR count). The van der Waals surface area contributed by atoms with Gasteiger partial charge < -0.3 is 15.0 Å². The molecule has 1 aromatic carbocycles. The third kappa shape index (κ3) is 6.81. The standard InChI is InChI=1S/C22H33N5OS.HI/c1-5-23-22(26(3)15-19-16-29-17(2)25-19)24-14-21(27-12-6-7-13-27)18-8-10-20(28-4)11-9-18;/h8-11,16,21H,5-7,12-15H2,1-4H3,(H,23,24);1H. The van der Waals surface area contributed by atoms with Crippen molar-refractivity contribution < 1.29 is 4.74 Å². The lowest BCUT2D eigenvalue weighted by Gasteiger charge is -2.28. The molecule has 30 heavy (non-hydrogen) atoms. The molecule has 1 unspecified atom stereocenters. The van der Waals surface area contributed by atoms with Crippen LogP contribution in [0, 0.1) is 6.92 Å². The van der Waals surface area contributed by atoms with Crippen LogP contribution in [0.4, 0.5) is 0 Å². The Balaban J connectivity index is 0.00000320. The Kier molecular flexibility index (Phi) is 10.3. The van der Waals surface area contributed by atoms with E-state index in [4.69, 9.17) is 9.73 Å². The number of methoxy groups -OCH3 is 1. The van der Waals surface area contributed by atoms with E-state index in [-0.39, 0.29) is 30.0 Å². The Hall–Kier alpha value is -1.39. The summed E-state index contributed by atoms with van der Waals surface area (Å²) in [6.07, 6.45) is 2.53. The van der Waals surface area contributed by atoms with E-state index in [1.165, 1.54) is 18.4 Å². The van der Waals surface area contributed by atoms with E-state index in [1.807, 2.05) is 19.1 Å². The van der Waals surface area contributed by atoms with E-state index >= 15 is 0 Å². The summed E-state index contributed by atoms with van der Waals surface area (Å²) in [6, 6.07) is 8.72. The molecule has 0 spiro atoms. The van der Waals surface area contributed by atoms with Crippen molar-refractivity contribution in [3.8, 4) is 5.75 Å². The van der Waals surface area contributed by atoms with E-state index < -0.39 is 0 Å². The maximum absolute atomic E-state index is 5.33. The first-order valence-corrected chi connectivity index (χ1v) is 11.3. The van der Waals surface area contributed by atoms with Crippen LogP contribution in [0.5, 0.6) is 5.75 Å². The van der Waals surface area contributed by atoms with Gasteiger partial charge in [-0.3, -0.25) is 9.89 Å². The molecule has 1 fully saturated rings. The molecule has 1 N–H and O–H groups in total. The molecule has 0 aliphatic carbocycles. The van der Waals surface area contributed by atoms with Crippen molar-refractivity contribution in [3.63, 3.8) is 0 Å². The largest absolute Gasteiger partial charge is 0.497 e. The second kappa shape index (κ2) is 12.5. The summed E-state index contributed by atoms with van der Waals surface area (Å²) < 4.78 is 5.33. The fourth-order valence-electron chi connectivity index (χ4n) is 3.75. The van der Waals surface area contributed by atoms with Crippen LogP contribution in [0.2, 0.25) is 0 Å². The molecule has 166 valence electrons. The highest BCUT2D eigenvalue weighted by Gasteiger charge is 2.24. The molecule has 0 radical (unpaired) electrons. The third-order valence-corrected chi connectivity index (χ3v) is 6.08. The Bertz CT molecular complexity index is 789. The zero-order chi connectivity index (χ0) is 20.6. The average Bonchev–Trinajstić information content (AvgIpc) is 3.40. The maximum atomic E-state index is 5.33. The summed E-state index contributed by atoms with van der Waals surface area (Å²) >= 11 is 1.69. The van der Waals surface area contributed by atoms with Crippen molar-refractivity contribution in [3.05, 3.63) is 45.9 Å². The van der Waals surface area contributed by atoms with Crippen molar-refractivity contribution >= 4 is 41.3 Å². The van der Waals surface area contributed by atoms with Gasteiger partial charge in [0.05, 0.1) is 36.9 Å². The molecule has 0 amide bonds. The molecule has 0 saturated carbocycles. The van der Waals surface area contributed by atoms with Crippen LogP contribution < -0.4 is 10.1 Å². The molecule has 8 heteroatoms. The van der Waals surface area contributed by atoms with E-state index in [0.29, 0.717) is 0 Å². The molecule has 6 nitrogen and oxygen atoms in total. The number of benzene rings is 1. The van der Waals surface area contributed by atoms with Crippen molar-refractivity contribution in [2.75, 3.05) is 40.3 Å². The quantitative estimate of drug-likeness (QED) is 0.306. The lowest BCUT2D eigenvalue weighted by molar-refractivity contribution is 0.251. The fourth-order valence-corrected chi connectivity index (χ4v) is 4.36. The SMILES string of the molecule is CCNC(=NCC(c1ccc(OC)cc1)N1CCCC1)N(C)Cc1csc(C)n1.I. The van der Waals surface area contributed by atoms with Crippen molar-refractivity contribution in [1.82, 2.24) is 20.1 Å². The van der Waals surface area contributed by atoms with Gasteiger partial charge in [-0.25, -0.2) is 4.98 Å². The monoisotopic (exact) mass is 543 g/mol. The minimum Gasteiger partial charge on any atom is -0.497 e. The normalized spacial score (nSPS) is 15.5. The van der Waals surface area contributed by atoms with Crippen molar-refractivity contribution in [2.45, 2.75) is 39.3 Å². The van der Waals surface area contributed by atoms with E-state index in [0.717, 1.165) is 55.1 Å². The summed E-state index contributed by atoms with van der Waals surface area (Å²) in [5, 5.41) is 6.66. The Labute approximate surface area is 201 Å². The number of aliphatic imine (C=N–C) groups is 1. The molecule has 1 aliphatic heterocycles. The molecule has 1 aromatic heterocycles. The number of aryl methyl sites for hydroxylation is 1. The topological polar surface area (TPSA) is 53.0 Å². The first kappa shape index (κ1) is 24.9. The first-order chi connectivity index (χ1) is 14.1. The molecular weight excluding hydrogens is 509 g/mol. The van der Waals surface area contributed by atoms with Crippen LogP contribution in [0.15, 0.2) is 34.6 Å². The molecule has 1 aliphatic rings. The maximum Gasteiger partial charge on any atom is 0.194 e. The van der Waals surface area contributed by atoms with Crippen molar-refractivity contribution in [2.24, 2.45) is 4.99 Å². The summed E-state index contributed by atoms with van der Waals surface area (Å²) in [6.45, 7) is 8.76. The highest BCUT2D eigenvalue weighted by Crippen LogP contribution is 2.27. The number of thiazole rings is 1. The number of aromatic nitrogens is 1. The predicted octanol–water partition coefficient (Wildman–Crippen LogP) is 4.31. The number of nitrogens with zero attached hydrogens (tertiary/aromatic N) is 4. The highest BCUT2D eigenvalue weighted by molar-refractivity contribution is 14.0. The van der Waals surface area contributed by atoms with Gasteiger partial charge >= 0.3 is 0 Å². The number of nitrogens with one attached hydrogen (secondary N) is 1. The van der Waals surface area contributed by atoms with Gasteiger partial charge in [0.1, 0.15) is 5.75 Å². The van der Waals surface area contributed by atoms with Gasteiger partial charge in [-0.1, -0.05) is 12.1 Å². The summed E-state index contributed by atoms with van der Waals surface area (Å²) in [7, 11) is 3.79. The van der Waals surface area contributed by atoms with Gasteiger partial charge in [0.25, 0.3) is 0 Å². The zero-order valence-electron chi connectivity index (χ0n) is 18.4. The molecule has 1 saturated heterocycles. The number of ether oxygens (including phenoxy) is 1. The van der Waals surface area contributed by atoms with Gasteiger partial charge in [-0.2, -0.15) is 0 Å². The third-order valence-electron chi connectivity index (χ3n) is 5.26. The van der Waals surface area contributed by atoms with E-state index in [1.54, 1.807) is 18.4 Å². The number of halogens is 1. The predicted molar refractivity (Wildman–Crippen MR) is 136 cm³/mol. The lowest BCUT2D eigenvalue weighted by atomic mass is 10.1. The Morgan fingerprint density at radius 3 is 2.57 bits per heavy atom. The molecule has 2 aromatic rings. The van der Waals surface area contributed by atoms with Crippen molar-refractivity contribution in [1.29, 1.82) is 0 Å². The highest BCUT2D eigenvalue weighted by atomic mass is 127. The number of rotatable bonds is 8. The summed E-state index contributed by atoms with van der Waals surface area (Å²) in [5.41, 5.74) is 2.39. The Morgan fingerprint density at radius 2 is 2.00 bits per heavy atom. The first-order valence-electron chi connectivity index (χ1n) is 10.4. The van der Waals surface area contributed by atoms with Crippen LogP contribution in [0.3, 0.4) is 0 Å². The summed E-state index contributed by atoms with van der Waals surface area (Å²) in [4.78, 5) is 14.3. The minimum absolute atomic E-state index is 0. The van der Waals surface area contributed by atoms with Gasteiger partial charge in [0, 0.05) is 19.0 Å². The lowest BCUT2D eigenvalue weighted by Crippen LogP contribution is -2.39. The second-order valence-electron chi connectivity index (χ2n) is 7.44. The van der Waals surface area contributed by atoms with Crippen LogP contribution in [-0.2, 0) is 6.54 Å². The zero-order valence-corrected chi connectivity index (χ0v) is 21.6. The molecule has 0 bridgehead atoms. The van der Waals surface area contributed by atoms with Gasteiger partial charge in [-0.15, -0.1) is 35.3 Å². The van der Waals surface area contributed by atoms with Gasteiger partial charge in [0.2, 0.25) is 0 Å². The van der Waals surface area contributed by atoms with Gasteiger partial charge in [-0.05, 0) is 57.5 Å². The Morgan fingerprint density at radius 1 is 1.30 bits per heavy atom. The molecule has 2 heterocycles. The van der Waals surface area contributed by atoms with Gasteiger partial charge in [0.15, 0.2) is 5.96 Å².